The predicted molar refractivity (Wildman–Crippen MR) is 61.3 cm³/mol. The van der Waals surface area contributed by atoms with Crippen LogP contribution >= 0.6 is 0 Å². The van der Waals surface area contributed by atoms with E-state index in [1.807, 2.05) is 6.92 Å². The van der Waals surface area contributed by atoms with Crippen LogP contribution in [0.3, 0.4) is 0 Å². The van der Waals surface area contributed by atoms with E-state index >= 15 is 0 Å². The van der Waals surface area contributed by atoms with Crippen LogP contribution in [0.5, 0.6) is 0 Å². The highest BCUT2D eigenvalue weighted by Crippen LogP contribution is 2.17. The van der Waals surface area contributed by atoms with Gasteiger partial charge in [0.1, 0.15) is 5.69 Å². The molecule has 0 bridgehead atoms. The number of carbonyl (C=O) groups excluding carboxylic acids is 1. The van der Waals surface area contributed by atoms with Crippen LogP contribution in [0.2, 0.25) is 0 Å². The summed E-state index contributed by atoms with van der Waals surface area (Å²) in [6.07, 6.45) is 1.92. The van der Waals surface area contributed by atoms with Gasteiger partial charge in [-0.15, -0.1) is 0 Å². The SMILES string of the molecule is Cc1cc(C(=O)NC2(C)CCNCC2)n[nH]1. The van der Waals surface area contributed by atoms with E-state index in [0.717, 1.165) is 31.6 Å². The van der Waals surface area contributed by atoms with Crippen molar-refractivity contribution in [2.24, 2.45) is 0 Å². The first kappa shape index (κ1) is 11.1. The minimum absolute atomic E-state index is 0.0891. The molecular formula is C11H18N4O. The molecule has 1 saturated heterocycles. The summed E-state index contributed by atoms with van der Waals surface area (Å²) in [6.45, 7) is 5.88. The maximum Gasteiger partial charge on any atom is 0.272 e. The first-order valence-corrected chi connectivity index (χ1v) is 5.64. The molecule has 1 aliphatic rings. The minimum atomic E-state index is -0.102. The Morgan fingerprint density at radius 1 is 1.50 bits per heavy atom. The quantitative estimate of drug-likeness (QED) is 0.686. The molecule has 0 spiro atoms. The number of piperidine rings is 1. The van der Waals surface area contributed by atoms with Crippen molar-refractivity contribution in [2.75, 3.05) is 13.1 Å². The maximum atomic E-state index is 11.9. The fourth-order valence-corrected chi connectivity index (χ4v) is 1.98. The van der Waals surface area contributed by atoms with Crippen molar-refractivity contribution in [3.63, 3.8) is 0 Å². The molecule has 1 fully saturated rings. The van der Waals surface area contributed by atoms with Crippen LogP contribution < -0.4 is 10.6 Å². The summed E-state index contributed by atoms with van der Waals surface area (Å²) >= 11 is 0. The maximum absolute atomic E-state index is 11.9. The van der Waals surface area contributed by atoms with Crippen molar-refractivity contribution in [2.45, 2.75) is 32.2 Å². The molecule has 16 heavy (non-hydrogen) atoms. The molecule has 0 unspecified atom stereocenters. The number of hydrogen-bond acceptors (Lipinski definition) is 3. The lowest BCUT2D eigenvalue weighted by Gasteiger charge is -2.34. The molecule has 0 saturated carbocycles. The van der Waals surface area contributed by atoms with Gasteiger partial charge in [0.2, 0.25) is 0 Å². The number of rotatable bonds is 2. The fraction of sp³-hybridized carbons (Fsp3) is 0.636. The number of hydrogen-bond donors (Lipinski definition) is 3. The molecule has 5 nitrogen and oxygen atoms in total. The first-order valence-electron chi connectivity index (χ1n) is 5.64. The van der Waals surface area contributed by atoms with E-state index in [4.69, 9.17) is 0 Å². The van der Waals surface area contributed by atoms with Crippen molar-refractivity contribution in [3.8, 4) is 0 Å². The molecule has 88 valence electrons. The number of aromatic amines is 1. The van der Waals surface area contributed by atoms with Gasteiger partial charge in [0.05, 0.1) is 0 Å². The molecule has 0 aliphatic carbocycles. The summed E-state index contributed by atoms with van der Waals surface area (Å²) in [5.74, 6) is -0.0891. The van der Waals surface area contributed by atoms with Crippen LogP contribution in [-0.4, -0.2) is 34.7 Å². The summed E-state index contributed by atoms with van der Waals surface area (Å²) < 4.78 is 0. The molecule has 3 N–H and O–H groups in total. The monoisotopic (exact) mass is 222 g/mol. The summed E-state index contributed by atoms with van der Waals surface area (Å²) in [5.41, 5.74) is 1.27. The lowest BCUT2D eigenvalue weighted by molar-refractivity contribution is 0.0882. The van der Waals surface area contributed by atoms with Gasteiger partial charge in [-0.3, -0.25) is 9.89 Å². The third-order valence-electron chi connectivity index (χ3n) is 3.06. The first-order chi connectivity index (χ1) is 7.59. The highest BCUT2D eigenvalue weighted by atomic mass is 16.2. The summed E-state index contributed by atoms with van der Waals surface area (Å²) in [4.78, 5) is 11.9. The van der Waals surface area contributed by atoms with E-state index in [2.05, 4.69) is 27.8 Å². The Labute approximate surface area is 95.0 Å². The predicted octanol–water partition coefficient (Wildman–Crippen LogP) is 0.590. The zero-order valence-corrected chi connectivity index (χ0v) is 9.76. The van der Waals surface area contributed by atoms with Crippen molar-refractivity contribution in [1.82, 2.24) is 20.8 Å². The smallest absolute Gasteiger partial charge is 0.272 e. The Bertz CT molecular complexity index is 379. The molecular weight excluding hydrogens is 204 g/mol. The average Bonchev–Trinajstić information content (AvgIpc) is 2.65. The van der Waals surface area contributed by atoms with Gasteiger partial charge >= 0.3 is 0 Å². The van der Waals surface area contributed by atoms with E-state index in [-0.39, 0.29) is 11.4 Å². The highest BCUT2D eigenvalue weighted by Gasteiger charge is 2.29. The van der Waals surface area contributed by atoms with Crippen LogP contribution in [-0.2, 0) is 0 Å². The third-order valence-corrected chi connectivity index (χ3v) is 3.06. The molecule has 2 heterocycles. The number of nitrogens with one attached hydrogen (secondary N) is 3. The number of nitrogens with zero attached hydrogens (tertiary/aromatic N) is 1. The molecule has 5 heteroatoms. The zero-order chi connectivity index (χ0) is 11.6. The lowest BCUT2D eigenvalue weighted by atomic mass is 9.90. The Hall–Kier alpha value is -1.36. The molecule has 1 amide bonds. The van der Waals surface area contributed by atoms with Gasteiger partial charge in [-0.1, -0.05) is 0 Å². The normalized spacial score (nSPS) is 19.4. The molecule has 2 rings (SSSR count). The Morgan fingerprint density at radius 3 is 2.75 bits per heavy atom. The van der Waals surface area contributed by atoms with Crippen molar-refractivity contribution < 1.29 is 4.79 Å². The van der Waals surface area contributed by atoms with E-state index in [9.17, 15) is 4.79 Å². The minimum Gasteiger partial charge on any atom is -0.345 e. The van der Waals surface area contributed by atoms with Gasteiger partial charge in [0.25, 0.3) is 5.91 Å². The van der Waals surface area contributed by atoms with Crippen molar-refractivity contribution in [1.29, 1.82) is 0 Å². The van der Waals surface area contributed by atoms with Crippen LogP contribution in [0.15, 0.2) is 6.07 Å². The van der Waals surface area contributed by atoms with Crippen molar-refractivity contribution in [3.05, 3.63) is 17.5 Å². The van der Waals surface area contributed by atoms with Gasteiger partial charge in [0, 0.05) is 11.2 Å². The summed E-state index contributed by atoms with van der Waals surface area (Å²) in [5, 5.41) is 13.1. The lowest BCUT2D eigenvalue weighted by Crippen LogP contribution is -2.52. The van der Waals surface area contributed by atoms with Gasteiger partial charge in [0.15, 0.2) is 0 Å². The molecule has 0 aromatic carbocycles. The molecule has 1 aliphatic heterocycles. The Balaban J connectivity index is 2.01. The van der Waals surface area contributed by atoms with Crippen LogP contribution in [0, 0.1) is 6.92 Å². The third kappa shape index (κ3) is 2.41. The summed E-state index contributed by atoms with van der Waals surface area (Å²) in [6, 6.07) is 1.76. The second kappa shape index (κ2) is 4.25. The van der Waals surface area contributed by atoms with Gasteiger partial charge in [-0.2, -0.15) is 5.10 Å². The van der Waals surface area contributed by atoms with E-state index in [0.29, 0.717) is 5.69 Å². The van der Waals surface area contributed by atoms with Gasteiger partial charge in [-0.05, 0) is 45.8 Å². The number of amides is 1. The average molecular weight is 222 g/mol. The standard InChI is InChI=1S/C11H18N4O/c1-8-7-9(15-14-8)10(16)13-11(2)3-5-12-6-4-11/h7,12H,3-6H2,1-2H3,(H,13,16)(H,14,15). The second-order valence-corrected chi connectivity index (χ2v) is 4.70. The number of H-pyrrole nitrogens is 1. The van der Waals surface area contributed by atoms with E-state index < -0.39 is 0 Å². The van der Waals surface area contributed by atoms with Crippen LogP contribution in [0.25, 0.3) is 0 Å². The fourth-order valence-electron chi connectivity index (χ4n) is 1.98. The Kier molecular flexibility index (Phi) is 2.96. The largest absolute Gasteiger partial charge is 0.345 e. The van der Waals surface area contributed by atoms with E-state index in [1.54, 1.807) is 6.07 Å². The topological polar surface area (TPSA) is 69.8 Å². The Morgan fingerprint density at radius 2 is 2.19 bits per heavy atom. The van der Waals surface area contributed by atoms with Gasteiger partial charge in [-0.25, -0.2) is 0 Å². The van der Waals surface area contributed by atoms with Crippen LogP contribution in [0.1, 0.15) is 35.9 Å². The van der Waals surface area contributed by atoms with Crippen molar-refractivity contribution >= 4 is 5.91 Å². The number of aryl methyl sites for hydroxylation is 1. The summed E-state index contributed by atoms with van der Waals surface area (Å²) in [7, 11) is 0. The van der Waals surface area contributed by atoms with Gasteiger partial charge < -0.3 is 10.6 Å². The molecule has 0 radical (unpaired) electrons. The number of carbonyl (C=O) groups is 1. The zero-order valence-electron chi connectivity index (χ0n) is 9.76. The molecule has 1 aromatic rings. The van der Waals surface area contributed by atoms with E-state index in [1.165, 1.54) is 0 Å². The molecule has 0 atom stereocenters. The van der Waals surface area contributed by atoms with Crippen LogP contribution in [0.4, 0.5) is 0 Å². The number of aromatic nitrogens is 2. The molecule has 1 aromatic heterocycles. The highest BCUT2D eigenvalue weighted by molar-refractivity contribution is 5.92. The second-order valence-electron chi connectivity index (χ2n) is 4.70.